The van der Waals surface area contributed by atoms with Gasteiger partial charge in [-0.05, 0) is 49.9 Å². The van der Waals surface area contributed by atoms with Crippen molar-refractivity contribution in [1.82, 2.24) is 0 Å². The normalized spacial score (nSPS) is 22.8. The highest BCUT2D eigenvalue weighted by molar-refractivity contribution is 6.31. The van der Waals surface area contributed by atoms with E-state index in [1.54, 1.807) is 4.90 Å². The lowest BCUT2D eigenvalue weighted by Gasteiger charge is -2.27. The molecule has 2 atom stereocenters. The Morgan fingerprint density at radius 1 is 1.30 bits per heavy atom. The molecular weight excluding hydrogens is 270 g/mol. The molecule has 0 bridgehead atoms. The Hall–Kier alpha value is -0.730. The molecule has 1 unspecified atom stereocenters. The van der Waals surface area contributed by atoms with Gasteiger partial charge in [0.05, 0.1) is 26.2 Å². The zero-order valence-corrected chi connectivity index (χ0v) is 13.7. The first-order valence-electron chi connectivity index (χ1n) is 7.80. The summed E-state index contributed by atoms with van der Waals surface area (Å²) in [6.45, 7) is 11.2. The van der Waals surface area contributed by atoms with E-state index >= 15 is 0 Å². The molecule has 1 aliphatic rings. The van der Waals surface area contributed by atoms with E-state index in [4.69, 9.17) is 16.3 Å². The van der Waals surface area contributed by atoms with Gasteiger partial charge in [0, 0.05) is 17.4 Å². The number of rotatable bonds is 5. The monoisotopic (exact) mass is 296 g/mol. The summed E-state index contributed by atoms with van der Waals surface area (Å²) in [7, 11) is 0. The van der Waals surface area contributed by atoms with Crippen LogP contribution in [0, 0.1) is 19.8 Å². The summed E-state index contributed by atoms with van der Waals surface area (Å²) in [6, 6.07) is 3.91. The fourth-order valence-corrected chi connectivity index (χ4v) is 3.25. The maximum absolute atomic E-state index is 6.10. The van der Waals surface area contributed by atoms with Crippen LogP contribution in [0.25, 0.3) is 0 Å². The first kappa shape index (κ1) is 15.7. The number of hydrogen-bond donors (Lipinski definition) is 1. The largest absolute Gasteiger partial charge is 0.493 e. The van der Waals surface area contributed by atoms with Crippen molar-refractivity contribution in [2.45, 2.75) is 40.0 Å². The summed E-state index contributed by atoms with van der Waals surface area (Å²) in [4.78, 5) is 1.75. The molecule has 112 valence electrons. The number of hydrogen-bond acceptors (Lipinski definition) is 1. The predicted molar refractivity (Wildman–Crippen MR) is 85.0 cm³/mol. The molecule has 1 heterocycles. The Morgan fingerprint density at radius 3 is 2.85 bits per heavy atom. The third-order valence-electron chi connectivity index (χ3n) is 4.47. The minimum Gasteiger partial charge on any atom is -0.493 e. The molecule has 1 aromatic rings. The average molecular weight is 297 g/mol. The third kappa shape index (κ3) is 4.13. The van der Waals surface area contributed by atoms with Crippen molar-refractivity contribution in [3.63, 3.8) is 0 Å². The van der Waals surface area contributed by atoms with E-state index in [0.717, 1.165) is 40.8 Å². The van der Waals surface area contributed by atoms with Crippen LogP contribution in [0.1, 0.15) is 37.3 Å². The third-order valence-corrected chi connectivity index (χ3v) is 4.88. The first-order valence-corrected chi connectivity index (χ1v) is 8.17. The molecule has 1 aromatic carbocycles. The molecule has 1 N–H and O–H groups in total. The van der Waals surface area contributed by atoms with Gasteiger partial charge in [-0.3, -0.25) is 0 Å². The number of halogens is 1. The lowest BCUT2D eigenvalue weighted by molar-refractivity contribution is -0.908. The van der Waals surface area contributed by atoms with Crippen LogP contribution in [-0.2, 0) is 0 Å². The maximum Gasteiger partial charge on any atom is 0.122 e. The standard InChI is InChI=1S/C17H26ClNO/c1-13-6-4-9-19(12-13)10-5-11-20-17-8-7-16(18)14(2)15(17)3/h7-8,13H,4-6,9-12H2,1-3H3/p+1/t13-/m1/s1. The van der Waals surface area contributed by atoms with Gasteiger partial charge in [-0.2, -0.15) is 0 Å². The first-order chi connectivity index (χ1) is 9.58. The van der Waals surface area contributed by atoms with Gasteiger partial charge < -0.3 is 9.64 Å². The minimum atomic E-state index is 0.805. The van der Waals surface area contributed by atoms with E-state index in [2.05, 4.69) is 13.8 Å². The maximum atomic E-state index is 6.10. The predicted octanol–water partition coefficient (Wildman–Crippen LogP) is 3.04. The molecule has 0 aromatic heterocycles. The van der Waals surface area contributed by atoms with Crippen LogP contribution in [0.3, 0.4) is 0 Å². The van der Waals surface area contributed by atoms with Crippen LogP contribution >= 0.6 is 11.6 Å². The zero-order chi connectivity index (χ0) is 14.5. The number of likely N-dealkylation sites (tertiary alicyclic amines) is 1. The summed E-state index contributed by atoms with van der Waals surface area (Å²) in [5.74, 6) is 1.87. The van der Waals surface area contributed by atoms with Crippen LogP contribution in [-0.4, -0.2) is 26.2 Å². The average Bonchev–Trinajstić information content (AvgIpc) is 2.43. The van der Waals surface area contributed by atoms with Gasteiger partial charge in [-0.1, -0.05) is 18.5 Å². The number of nitrogens with one attached hydrogen (secondary N) is 1. The molecule has 1 saturated heterocycles. The quantitative estimate of drug-likeness (QED) is 0.825. The minimum absolute atomic E-state index is 0.805. The van der Waals surface area contributed by atoms with Crippen molar-refractivity contribution >= 4 is 11.6 Å². The second-order valence-electron chi connectivity index (χ2n) is 6.20. The van der Waals surface area contributed by atoms with E-state index in [1.807, 2.05) is 19.1 Å². The molecule has 2 nitrogen and oxygen atoms in total. The molecular formula is C17H27ClNO+. The molecule has 1 fully saturated rings. The Labute approximate surface area is 128 Å². The second-order valence-corrected chi connectivity index (χ2v) is 6.61. The number of piperidine rings is 1. The summed E-state index contributed by atoms with van der Waals surface area (Å²) in [5, 5.41) is 0.821. The topological polar surface area (TPSA) is 13.7 Å². The Bertz CT molecular complexity index is 447. The molecule has 1 aliphatic heterocycles. The number of quaternary nitrogens is 1. The summed E-state index contributed by atoms with van der Waals surface area (Å²) in [5.41, 5.74) is 2.29. The second kappa shape index (κ2) is 7.33. The lowest BCUT2D eigenvalue weighted by atomic mass is 10.0. The highest BCUT2D eigenvalue weighted by Gasteiger charge is 2.18. The molecule has 0 radical (unpaired) electrons. The molecule has 0 aliphatic carbocycles. The van der Waals surface area contributed by atoms with Gasteiger partial charge in [-0.15, -0.1) is 0 Å². The van der Waals surface area contributed by atoms with Crippen LogP contribution in [0.15, 0.2) is 12.1 Å². The van der Waals surface area contributed by atoms with Crippen molar-refractivity contribution in [2.75, 3.05) is 26.2 Å². The SMILES string of the molecule is Cc1c(Cl)ccc(OCCC[NH+]2CCC[C@@H](C)C2)c1C. The van der Waals surface area contributed by atoms with Crippen molar-refractivity contribution in [2.24, 2.45) is 5.92 Å². The van der Waals surface area contributed by atoms with Gasteiger partial charge in [0.2, 0.25) is 0 Å². The van der Waals surface area contributed by atoms with Gasteiger partial charge in [0.25, 0.3) is 0 Å². The van der Waals surface area contributed by atoms with Gasteiger partial charge in [0.15, 0.2) is 0 Å². The Morgan fingerprint density at radius 2 is 2.10 bits per heavy atom. The van der Waals surface area contributed by atoms with E-state index in [1.165, 1.54) is 32.5 Å². The summed E-state index contributed by atoms with van der Waals surface area (Å²) in [6.07, 6.45) is 3.92. The van der Waals surface area contributed by atoms with Crippen molar-refractivity contribution in [3.05, 3.63) is 28.3 Å². The highest BCUT2D eigenvalue weighted by Crippen LogP contribution is 2.27. The fourth-order valence-electron chi connectivity index (χ4n) is 3.05. The molecule has 0 amide bonds. The Balaban J connectivity index is 1.75. The number of ether oxygens (including phenoxy) is 1. The van der Waals surface area contributed by atoms with E-state index < -0.39 is 0 Å². The lowest BCUT2D eigenvalue weighted by Crippen LogP contribution is -3.13. The molecule has 20 heavy (non-hydrogen) atoms. The van der Waals surface area contributed by atoms with Gasteiger partial charge in [-0.25, -0.2) is 0 Å². The van der Waals surface area contributed by atoms with Crippen LogP contribution in [0.4, 0.5) is 0 Å². The van der Waals surface area contributed by atoms with Crippen LogP contribution in [0.2, 0.25) is 5.02 Å². The van der Waals surface area contributed by atoms with Gasteiger partial charge >= 0.3 is 0 Å². The zero-order valence-electron chi connectivity index (χ0n) is 13.0. The highest BCUT2D eigenvalue weighted by atomic mass is 35.5. The Kier molecular flexibility index (Phi) is 5.74. The molecule has 3 heteroatoms. The number of benzene rings is 1. The van der Waals surface area contributed by atoms with Crippen LogP contribution < -0.4 is 9.64 Å². The van der Waals surface area contributed by atoms with E-state index in [0.29, 0.717) is 0 Å². The van der Waals surface area contributed by atoms with Gasteiger partial charge in [0.1, 0.15) is 5.75 Å². The summed E-state index contributed by atoms with van der Waals surface area (Å²) >= 11 is 6.10. The fraction of sp³-hybridized carbons (Fsp3) is 0.647. The molecule has 0 saturated carbocycles. The summed E-state index contributed by atoms with van der Waals surface area (Å²) < 4.78 is 5.92. The van der Waals surface area contributed by atoms with Crippen molar-refractivity contribution in [3.8, 4) is 5.75 Å². The van der Waals surface area contributed by atoms with Crippen molar-refractivity contribution < 1.29 is 9.64 Å². The molecule has 0 spiro atoms. The van der Waals surface area contributed by atoms with E-state index in [-0.39, 0.29) is 0 Å². The van der Waals surface area contributed by atoms with Crippen LogP contribution in [0.5, 0.6) is 5.75 Å². The van der Waals surface area contributed by atoms with Crippen molar-refractivity contribution in [1.29, 1.82) is 0 Å². The smallest absolute Gasteiger partial charge is 0.122 e. The van der Waals surface area contributed by atoms with E-state index in [9.17, 15) is 0 Å². The molecule has 2 rings (SSSR count).